The number of nitrogens with zero attached hydrogens (tertiary/aromatic N) is 1. The molecule has 28 heavy (non-hydrogen) atoms. The fourth-order valence-electron chi connectivity index (χ4n) is 4.40. The predicted molar refractivity (Wildman–Crippen MR) is 93.3 cm³/mol. The van der Waals surface area contributed by atoms with Crippen LogP contribution in [0.5, 0.6) is 0 Å². The number of nitriles is 1. The molecule has 0 radical (unpaired) electrons. The van der Waals surface area contributed by atoms with Crippen molar-refractivity contribution in [2.24, 2.45) is 0 Å². The Morgan fingerprint density at radius 3 is 2.07 bits per heavy atom. The van der Waals surface area contributed by atoms with E-state index in [9.17, 15) is 22.8 Å². The normalized spacial score (nSPS) is 19.9. The summed E-state index contributed by atoms with van der Waals surface area (Å²) in [6.07, 6.45) is 2.24. The number of hydrogen-bond donors (Lipinski definition) is 1. The van der Waals surface area contributed by atoms with Crippen LogP contribution in [-0.2, 0) is 16.0 Å². The van der Waals surface area contributed by atoms with Crippen molar-refractivity contribution < 1.29 is 22.8 Å². The summed E-state index contributed by atoms with van der Waals surface area (Å²) in [5.74, 6) is -5.41. The van der Waals surface area contributed by atoms with Gasteiger partial charge in [0.25, 0.3) is 0 Å². The van der Waals surface area contributed by atoms with Crippen molar-refractivity contribution >= 4 is 11.6 Å². The molecule has 4 nitrogen and oxygen atoms in total. The molecule has 7 heteroatoms. The van der Waals surface area contributed by atoms with Crippen molar-refractivity contribution in [1.29, 1.82) is 5.26 Å². The Hall–Kier alpha value is -2.88. The van der Waals surface area contributed by atoms with Crippen LogP contribution in [0.2, 0.25) is 0 Å². The minimum atomic E-state index is -1.44. The highest BCUT2D eigenvalue weighted by molar-refractivity contribution is 6.06. The number of ketones is 2. The molecule has 0 unspecified atom stereocenters. The molecule has 1 aromatic rings. The van der Waals surface area contributed by atoms with E-state index in [-0.39, 0.29) is 41.1 Å². The molecule has 1 heterocycles. The van der Waals surface area contributed by atoms with Gasteiger partial charge in [0.1, 0.15) is 5.82 Å². The summed E-state index contributed by atoms with van der Waals surface area (Å²) < 4.78 is 44.0. The van der Waals surface area contributed by atoms with Crippen LogP contribution in [0.1, 0.15) is 55.6 Å². The summed E-state index contributed by atoms with van der Waals surface area (Å²) in [5, 5.41) is 11.9. The highest BCUT2D eigenvalue weighted by Crippen LogP contribution is 2.46. The summed E-state index contributed by atoms with van der Waals surface area (Å²) in [6, 6.07) is 2.45. The van der Waals surface area contributed by atoms with E-state index in [0.29, 0.717) is 37.1 Å². The average molecular weight is 386 g/mol. The third-order valence-electron chi connectivity index (χ3n) is 5.64. The second kappa shape index (κ2) is 6.93. The smallest absolute Gasteiger partial charge is 0.166 e. The summed E-state index contributed by atoms with van der Waals surface area (Å²) in [4.78, 5) is 25.3. The number of halogens is 3. The molecule has 1 aromatic carbocycles. The fourth-order valence-corrected chi connectivity index (χ4v) is 4.40. The molecule has 0 aromatic heterocycles. The minimum Gasteiger partial charge on any atom is -0.362 e. The SMILES string of the molecule is N#CCc1c(F)cc(C2C3=C(CCCC3=O)NC3=C2C(=O)CCC3)c(F)c1F. The van der Waals surface area contributed by atoms with Gasteiger partial charge in [0.2, 0.25) is 0 Å². The first-order valence-corrected chi connectivity index (χ1v) is 9.26. The first-order chi connectivity index (χ1) is 13.4. The Morgan fingerprint density at radius 2 is 1.54 bits per heavy atom. The van der Waals surface area contributed by atoms with Crippen molar-refractivity contribution in [3.63, 3.8) is 0 Å². The molecule has 0 spiro atoms. The molecule has 0 saturated heterocycles. The lowest BCUT2D eigenvalue weighted by atomic mass is 9.71. The van der Waals surface area contributed by atoms with E-state index in [2.05, 4.69) is 5.32 Å². The van der Waals surface area contributed by atoms with Gasteiger partial charge in [-0.25, -0.2) is 13.2 Å². The predicted octanol–water partition coefficient (Wildman–Crippen LogP) is 3.87. The van der Waals surface area contributed by atoms with Gasteiger partial charge in [-0.1, -0.05) is 0 Å². The topological polar surface area (TPSA) is 70.0 Å². The number of nitrogens with one attached hydrogen (secondary N) is 1. The number of carbonyl (C=O) groups excluding carboxylic acids is 2. The second-order valence-electron chi connectivity index (χ2n) is 7.28. The number of allylic oxidation sites excluding steroid dienone is 4. The maximum absolute atomic E-state index is 15.0. The summed E-state index contributed by atoms with van der Waals surface area (Å²) in [5.41, 5.74) is 0.665. The van der Waals surface area contributed by atoms with Crippen molar-refractivity contribution in [2.75, 3.05) is 0 Å². The highest BCUT2D eigenvalue weighted by Gasteiger charge is 2.42. The van der Waals surface area contributed by atoms with Crippen LogP contribution < -0.4 is 5.32 Å². The molecule has 1 N–H and O–H groups in total. The zero-order valence-corrected chi connectivity index (χ0v) is 15.0. The van der Waals surface area contributed by atoms with Gasteiger partial charge in [0.05, 0.1) is 12.5 Å². The first kappa shape index (κ1) is 18.5. The Bertz CT molecular complexity index is 975. The van der Waals surface area contributed by atoms with E-state index < -0.39 is 35.4 Å². The molecule has 0 bridgehead atoms. The summed E-state index contributed by atoms with van der Waals surface area (Å²) in [7, 11) is 0. The van der Waals surface area contributed by atoms with Gasteiger partial charge < -0.3 is 5.32 Å². The maximum atomic E-state index is 15.0. The van der Waals surface area contributed by atoms with Crippen LogP contribution in [0, 0.1) is 28.8 Å². The Balaban J connectivity index is 1.97. The van der Waals surface area contributed by atoms with Crippen LogP contribution in [0.4, 0.5) is 13.2 Å². The summed E-state index contributed by atoms with van der Waals surface area (Å²) >= 11 is 0. The van der Waals surface area contributed by atoms with E-state index in [1.165, 1.54) is 0 Å². The monoisotopic (exact) mass is 386 g/mol. The minimum absolute atomic E-state index is 0.228. The molecule has 4 rings (SSSR count). The molecular formula is C21H17F3N2O2. The lowest BCUT2D eigenvalue weighted by Gasteiger charge is -2.37. The molecule has 0 atom stereocenters. The largest absolute Gasteiger partial charge is 0.362 e. The molecular weight excluding hydrogens is 369 g/mol. The fraction of sp³-hybridized carbons (Fsp3) is 0.381. The summed E-state index contributed by atoms with van der Waals surface area (Å²) in [6.45, 7) is 0. The third-order valence-corrected chi connectivity index (χ3v) is 5.64. The van der Waals surface area contributed by atoms with Gasteiger partial charge in [-0.2, -0.15) is 5.26 Å². The van der Waals surface area contributed by atoms with Gasteiger partial charge in [0, 0.05) is 52.4 Å². The van der Waals surface area contributed by atoms with Gasteiger partial charge in [-0.3, -0.25) is 9.59 Å². The number of dihydropyridines is 1. The highest BCUT2D eigenvalue weighted by atomic mass is 19.2. The number of benzene rings is 1. The molecule has 0 fully saturated rings. The van der Waals surface area contributed by atoms with Crippen molar-refractivity contribution in [3.05, 3.63) is 57.2 Å². The van der Waals surface area contributed by atoms with Crippen LogP contribution in [-0.4, -0.2) is 11.6 Å². The Kier molecular flexibility index (Phi) is 4.58. The molecule has 2 aliphatic carbocycles. The zero-order valence-electron chi connectivity index (χ0n) is 15.0. The van der Waals surface area contributed by atoms with Crippen LogP contribution >= 0.6 is 0 Å². The zero-order chi connectivity index (χ0) is 20.0. The van der Waals surface area contributed by atoms with Gasteiger partial charge in [-0.15, -0.1) is 0 Å². The van der Waals surface area contributed by atoms with Crippen LogP contribution in [0.15, 0.2) is 28.6 Å². The van der Waals surface area contributed by atoms with Crippen LogP contribution in [0.25, 0.3) is 0 Å². The van der Waals surface area contributed by atoms with Gasteiger partial charge >= 0.3 is 0 Å². The van der Waals surface area contributed by atoms with Crippen molar-refractivity contribution in [2.45, 2.75) is 50.9 Å². The molecule has 144 valence electrons. The number of hydrogen-bond acceptors (Lipinski definition) is 4. The number of Topliss-reactive ketones (excluding diaryl/α,β-unsaturated/α-hetero) is 2. The standard InChI is InChI=1S/C21H17F3N2O2/c22-12-9-11(21(24)20(23)10(12)7-8-25)17-18-13(3-1-5-15(18)27)26-14-4-2-6-16(28)19(14)17/h9,17,26H,1-7H2. The molecule has 1 aliphatic heterocycles. The first-order valence-electron chi connectivity index (χ1n) is 9.26. The lowest BCUT2D eigenvalue weighted by molar-refractivity contribution is -0.117. The van der Waals surface area contributed by atoms with Gasteiger partial charge in [-0.05, 0) is 31.7 Å². The Labute approximate surface area is 159 Å². The Morgan fingerprint density at radius 1 is 0.964 bits per heavy atom. The van der Waals surface area contributed by atoms with Gasteiger partial charge in [0.15, 0.2) is 23.2 Å². The quantitative estimate of drug-likeness (QED) is 0.784. The number of rotatable bonds is 2. The maximum Gasteiger partial charge on any atom is 0.166 e. The van der Waals surface area contributed by atoms with E-state index in [0.717, 1.165) is 6.07 Å². The number of carbonyl (C=O) groups is 2. The molecule has 0 amide bonds. The van der Waals surface area contributed by atoms with E-state index in [4.69, 9.17) is 5.26 Å². The van der Waals surface area contributed by atoms with Crippen LogP contribution in [0.3, 0.4) is 0 Å². The average Bonchev–Trinajstić information content (AvgIpc) is 2.67. The van der Waals surface area contributed by atoms with E-state index in [1.54, 1.807) is 6.07 Å². The second-order valence-corrected chi connectivity index (χ2v) is 7.28. The molecule has 3 aliphatic rings. The molecule has 0 saturated carbocycles. The third kappa shape index (κ3) is 2.75. The van der Waals surface area contributed by atoms with E-state index >= 15 is 0 Å². The lowest BCUT2D eigenvalue weighted by Crippen LogP contribution is -2.36. The van der Waals surface area contributed by atoms with Crippen molar-refractivity contribution in [3.8, 4) is 6.07 Å². The van der Waals surface area contributed by atoms with Crippen molar-refractivity contribution in [1.82, 2.24) is 5.32 Å². The van der Waals surface area contributed by atoms with E-state index in [1.807, 2.05) is 0 Å².